The van der Waals surface area contributed by atoms with Gasteiger partial charge in [0, 0.05) is 16.7 Å². The van der Waals surface area contributed by atoms with Crippen LogP contribution >= 0.6 is 0 Å². The number of fused-ring (bicyclic) bond motifs is 2. The first-order valence-corrected chi connectivity index (χ1v) is 15.3. The average Bonchev–Trinajstić information content (AvgIpc) is 2.94. The molecule has 0 bridgehead atoms. The number of rotatable bonds is 20. The molecule has 0 amide bonds. The Morgan fingerprint density at radius 2 is 0.974 bits per heavy atom. The highest BCUT2D eigenvalue weighted by Crippen LogP contribution is 2.40. The maximum atomic E-state index is 13.5. The zero-order valence-electron chi connectivity index (χ0n) is 23.8. The molecule has 0 saturated heterocycles. The van der Waals surface area contributed by atoms with Crippen LogP contribution in [0.4, 0.5) is 0 Å². The van der Waals surface area contributed by atoms with Crippen LogP contribution in [0.5, 0.6) is 11.5 Å². The van der Waals surface area contributed by atoms with Crippen molar-refractivity contribution in [1.29, 1.82) is 0 Å². The Labute approximate surface area is 230 Å². The Balaban J connectivity index is 1.61. The van der Waals surface area contributed by atoms with E-state index >= 15 is 0 Å². The first kappa shape index (κ1) is 29.9. The number of carbonyl (C=O) groups excluding carboxylic acids is 2. The fourth-order valence-corrected chi connectivity index (χ4v) is 5.22. The van der Waals surface area contributed by atoms with E-state index in [-0.39, 0.29) is 11.6 Å². The van der Waals surface area contributed by atoms with Crippen molar-refractivity contribution >= 4 is 11.6 Å². The van der Waals surface area contributed by atoms with Crippen LogP contribution in [0.2, 0.25) is 0 Å². The smallest absolute Gasteiger partial charge is 0.198 e. The Bertz CT molecular complexity index is 1010. The molecule has 0 aromatic heterocycles. The fourth-order valence-electron chi connectivity index (χ4n) is 5.22. The highest BCUT2D eigenvalue weighted by Gasteiger charge is 2.33. The maximum absolute atomic E-state index is 13.5. The van der Waals surface area contributed by atoms with Crippen molar-refractivity contribution in [3.63, 3.8) is 0 Å². The molecule has 0 aliphatic heterocycles. The van der Waals surface area contributed by atoms with Gasteiger partial charge in [-0.25, -0.2) is 0 Å². The predicted octanol–water partition coefficient (Wildman–Crippen LogP) is 9.50. The number of carbonyl (C=O) groups is 2. The molecule has 3 rings (SSSR count). The quantitative estimate of drug-likeness (QED) is 0.139. The summed E-state index contributed by atoms with van der Waals surface area (Å²) in [5.41, 5.74) is 1.69. The normalized spacial score (nSPS) is 12.4. The second-order valence-corrected chi connectivity index (χ2v) is 10.7. The average molecular weight is 521 g/mol. The van der Waals surface area contributed by atoms with Gasteiger partial charge >= 0.3 is 0 Å². The lowest BCUT2D eigenvalue weighted by molar-refractivity contribution is 0.0974. The van der Waals surface area contributed by atoms with Crippen molar-refractivity contribution in [3.8, 4) is 11.5 Å². The van der Waals surface area contributed by atoms with Gasteiger partial charge in [0.25, 0.3) is 0 Å². The third-order valence-electron chi connectivity index (χ3n) is 7.51. The molecule has 0 atom stereocenters. The summed E-state index contributed by atoms with van der Waals surface area (Å²) in [6.07, 6.45) is 19.6. The van der Waals surface area contributed by atoms with Crippen molar-refractivity contribution in [2.45, 2.75) is 117 Å². The Morgan fingerprint density at radius 1 is 0.500 bits per heavy atom. The van der Waals surface area contributed by atoms with Crippen LogP contribution in [0.1, 0.15) is 148 Å². The van der Waals surface area contributed by atoms with E-state index in [0.717, 1.165) is 25.7 Å². The Hall–Kier alpha value is -2.62. The lowest BCUT2D eigenvalue weighted by Crippen LogP contribution is -2.22. The maximum Gasteiger partial charge on any atom is 0.198 e. The fraction of sp³-hybridized carbons (Fsp3) is 0.588. The molecule has 1 aliphatic carbocycles. The van der Waals surface area contributed by atoms with Crippen LogP contribution < -0.4 is 9.47 Å². The second kappa shape index (κ2) is 17.1. The molecule has 4 heteroatoms. The van der Waals surface area contributed by atoms with Gasteiger partial charge in [-0.2, -0.15) is 0 Å². The molecular weight excluding hydrogens is 472 g/mol. The number of hydrogen-bond acceptors (Lipinski definition) is 4. The van der Waals surface area contributed by atoms with Crippen LogP contribution in [0.15, 0.2) is 36.4 Å². The molecule has 0 unspecified atom stereocenters. The number of ketones is 2. The molecule has 4 nitrogen and oxygen atoms in total. The molecule has 2 aromatic rings. The first-order chi connectivity index (χ1) is 18.7. The lowest BCUT2D eigenvalue weighted by Gasteiger charge is -2.22. The van der Waals surface area contributed by atoms with Crippen molar-refractivity contribution in [1.82, 2.24) is 0 Å². The summed E-state index contributed by atoms with van der Waals surface area (Å²) in [5.74, 6) is 0.741. The molecule has 0 N–H and O–H groups in total. The summed E-state index contributed by atoms with van der Waals surface area (Å²) in [4.78, 5) is 26.7. The summed E-state index contributed by atoms with van der Waals surface area (Å²) < 4.78 is 12.4. The molecule has 38 heavy (non-hydrogen) atoms. The summed E-state index contributed by atoms with van der Waals surface area (Å²) >= 11 is 0. The van der Waals surface area contributed by atoms with Gasteiger partial charge in [0.05, 0.1) is 18.8 Å². The number of ether oxygens (including phenoxy) is 2. The van der Waals surface area contributed by atoms with Gasteiger partial charge in [-0.15, -0.1) is 0 Å². The molecular formula is C34H48O4. The second-order valence-electron chi connectivity index (χ2n) is 10.7. The lowest BCUT2D eigenvalue weighted by atomic mass is 9.83. The van der Waals surface area contributed by atoms with E-state index in [0.29, 0.717) is 47.0 Å². The summed E-state index contributed by atoms with van der Waals surface area (Å²) in [7, 11) is 0. The van der Waals surface area contributed by atoms with E-state index < -0.39 is 0 Å². The third-order valence-corrected chi connectivity index (χ3v) is 7.51. The highest BCUT2D eigenvalue weighted by atomic mass is 16.5. The summed E-state index contributed by atoms with van der Waals surface area (Å²) in [5, 5.41) is 0. The highest BCUT2D eigenvalue weighted by molar-refractivity contribution is 6.29. The Morgan fingerprint density at radius 3 is 1.53 bits per heavy atom. The molecule has 0 heterocycles. The van der Waals surface area contributed by atoms with Crippen molar-refractivity contribution < 1.29 is 19.1 Å². The SMILES string of the molecule is CCCCCCCCCCOc1ccc2c(c1OCCCCCCCCCC)C(=O)c1ccccc1C2=O. The van der Waals surface area contributed by atoms with Gasteiger partial charge in [0.2, 0.25) is 0 Å². The first-order valence-electron chi connectivity index (χ1n) is 15.3. The monoisotopic (exact) mass is 520 g/mol. The molecule has 208 valence electrons. The minimum Gasteiger partial charge on any atom is -0.490 e. The predicted molar refractivity (Wildman–Crippen MR) is 156 cm³/mol. The van der Waals surface area contributed by atoms with E-state index in [1.54, 1.807) is 30.3 Å². The van der Waals surface area contributed by atoms with Gasteiger partial charge < -0.3 is 9.47 Å². The molecule has 0 radical (unpaired) electrons. The third kappa shape index (κ3) is 8.71. The van der Waals surface area contributed by atoms with Crippen LogP contribution in [0.25, 0.3) is 0 Å². The summed E-state index contributed by atoms with van der Waals surface area (Å²) in [6.45, 7) is 5.58. The van der Waals surface area contributed by atoms with Crippen molar-refractivity contribution in [3.05, 3.63) is 58.7 Å². The summed E-state index contributed by atoms with van der Waals surface area (Å²) in [6, 6.07) is 10.6. The van der Waals surface area contributed by atoms with Crippen LogP contribution in [0.3, 0.4) is 0 Å². The van der Waals surface area contributed by atoms with E-state index in [1.165, 1.54) is 77.0 Å². The van der Waals surface area contributed by atoms with Gasteiger partial charge in [0.1, 0.15) is 0 Å². The number of benzene rings is 2. The van der Waals surface area contributed by atoms with Crippen molar-refractivity contribution in [2.24, 2.45) is 0 Å². The van der Waals surface area contributed by atoms with Gasteiger partial charge in [0.15, 0.2) is 23.1 Å². The number of hydrogen-bond donors (Lipinski definition) is 0. The molecule has 2 aromatic carbocycles. The standard InChI is InChI=1S/C34H48O4/c1-3-5-7-9-11-13-15-19-25-37-30-24-23-29-31(33(36)28-22-18-17-21-27(28)32(29)35)34(30)38-26-20-16-14-12-10-8-6-4-2/h17-18,21-24H,3-16,19-20,25-26H2,1-2H3. The minimum absolute atomic E-state index is 0.123. The largest absolute Gasteiger partial charge is 0.490 e. The molecule has 0 fully saturated rings. The molecule has 1 aliphatic rings. The zero-order chi connectivity index (χ0) is 27.0. The van der Waals surface area contributed by atoms with Crippen molar-refractivity contribution in [2.75, 3.05) is 13.2 Å². The van der Waals surface area contributed by atoms with E-state index in [4.69, 9.17) is 9.47 Å². The zero-order valence-corrected chi connectivity index (χ0v) is 23.8. The van der Waals surface area contributed by atoms with E-state index in [2.05, 4.69) is 13.8 Å². The Kier molecular flexibility index (Phi) is 13.4. The topological polar surface area (TPSA) is 52.6 Å². The molecule has 0 saturated carbocycles. The van der Waals surface area contributed by atoms with Gasteiger partial charge in [-0.1, -0.05) is 128 Å². The van der Waals surface area contributed by atoms with Gasteiger partial charge in [-0.05, 0) is 25.0 Å². The van der Waals surface area contributed by atoms with E-state index in [1.807, 2.05) is 6.07 Å². The number of unbranched alkanes of at least 4 members (excludes halogenated alkanes) is 14. The minimum atomic E-state index is -0.154. The van der Waals surface area contributed by atoms with Crippen LogP contribution in [0, 0.1) is 0 Å². The van der Waals surface area contributed by atoms with Crippen LogP contribution in [-0.2, 0) is 0 Å². The van der Waals surface area contributed by atoms with Crippen LogP contribution in [-0.4, -0.2) is 24.8 Å². The van der Waals surface area contributed by atoms with E-state index in [9.17, 15) is 9.59 Å². The van der Waals surface area contributed by atoms with Gasteiger partial charge in [-0.3, -0.25) is 9.59 Å². The molecule has 0 spiro atoms.